The van der Waals surface area contributed by atoms with Gasteiger partial charge in [0.2, 0.25) is 0 Å². The highest BCUT2D eigenvalue weighted by Gasteiger charge is 2.24. The molecular formula is C27H21F2N5. The normalized spacial score (nSPS) is 16.0. The Hall–Kier alpha value is -4.39. The van der Waals surface area contributed by atoms with Crippen molar-refractivity contribution in [2.45, 2.75) is 12.8 Å². The van der Waals surface area contributed by atoms with Gasteiger partial charge in [-0.05, 0) is 37.3 Å². The van der Waals surface area contributed by atoms with Crippen LogP contribution in [0.15, 0.2) is 97.0 Å². The minimum Gasteiger partial charge on any atom is -0.338 e. The Kier molecular flexibility index (Phi) is 4.69. The van der Waals surface area contributed by atoms with E-state index in [1.807, 2.05) is 49.4 Å². The summed E-state index contributed by atoms with van der Waals surface area (Å²) in [6.45, 7) is 1.94. The first-order valence-corrected chi connectivity index (χ1v) is 10.9. The summed E-state index contributed by atoms with van der Waals surface area (Å²) in [6, 6.07) is 13.7. The van der Waals surface area contributed by atoms with E-state index in [4.69, 9.17) is 4.98 Å². The zero-order valence-corrected chi connectivity index (χ0v) is 18.2. The molecule has 34 heavy (non-hydrogen) atoms. The van der Waals surface area contributed by atoms with Crippen molar-refractivity contribution >= 4 is 16.6 Å². The monoisotopic (exact) mass is 453 g/mol. The molecule has 4 heterocycles. The van der Waals surface area contributed by atoms with Crippen molar-refractivity contribution in [1.29, 1.82) is 0 Å². The Balaban J connectivity index is 0.00000253. The van der Waals surface area contributed by atoms with Crippen molar-refractivity contribution < 1.29 is 10.2 Å². The van der Waals surface area contributed by atoms with E-state index in [0.717, 1.165) is 50.8 Å². The summed E-state index contributed by atoms with van der Waals surface area (Å²) in [4.78, 5) is 17.2. The number of imidazole rings is 2. The summed E-state index contributed by atoms with van der Waals surface area (Å²) >= 11 is 0. The lowest BCUT2D eigenvalue weighted by Crippen LogP contribution is -2.03. The van der Waals surface area contributed by atoms with Crippen LogP contribution < -0.4 is 0 Å². The second-order valence-corrected chi connectivity index (χ2v) is 8.17. The first kappa shape index (κ1) is 20.2. The molecule has 1 aliphatic rings. The van der Waals surface area contributed by atoms with Crippen LogP contribution in [-0.2, 0) is 0 Å². The van der Waals surface area contributed by atoms with E-state index in [2.05, 4.69) is 15.0 Å². The van der Waals surface area contributed by atoms with Crippen LogP contribution in [-0.4, -0.2) is 24.3 Å². The summed E-state index contributed by atoms with van der Waals surface area (Å²) in [6.07, 6.45) is 11.1. The third-order valence-corrected chi connectivity index (χ3v) is 6.08. The van der Waals surface area contributed by atoms with Crippen LogP contribution in [0.5, 0.6) is 0 Å². The molecule has 5 nitrogen and oxygen atoms in total. The van der Waals surface area contributed by atoms with Gasteiger partial charge in [0.15, 0.2) is 5.83 Å². The molecule has 0 bridgehead atoms. The molecule has 1 aliphatic carbocycles. The van der Waals surface area contributed by atoms with Gasteiger partial charge in [0.05, 0.1) is 28.7 Å². The predicted octanol–water partition coefficient (Wildman–Crippen LogP) is 6.85. The summed E-state index contributed by atoms with van der Waals surface area (Å²) in [5, 5.41) is 0. The Labute approximate surface area is 195 Å². The molecule has 0 saturated heterocycles. The maximum atomic E-state index is 14.7. The number of pyridine rings is 2. The first-order valence-electron chi connectivity index (χ1n) is 10.9. The molecule has 1 N–H and O–H groups in total. The molecule has 7 heteroatoms. The number of H-pyrrole nitrogens is 1. The maximum absolute atomic E-state index is 14.7. The van der Waals surface area contributed by atoms with Crippen molar-refractivity contribution in [1.82, 2.24) is 24.3 Å². The molecule has 4 aromatic heterocycles. The standard InChI is InChI=1S/C27H19F2N5.H2/c1-16-20(26-32-22-10-4-5-11-23(22)33-26)13-17(14-30-16)18-8-6-12-34-24(18)15-31-27(34)19-7-2-3-9-21(28)25(19)29;/h2-15,19H,1H3,(H,32,33);1H. The molecule has 0 spiro atoms. The van der Waals surface area contributed by atoms with E-state index in [0.29, 0.717) is 5.82 Å². The molecule has 1 atom stereocenters. The third kappa shape index (κ3) is 3.25. The number of halogens is 2. The highest BCUT2D eigenvalue weighted by molar-refractivity contribution is 5.84. The van der Waals surface area contributed by atoms with Crippen molar-refractivity contribution in [3.05, 3.63) is 109 Å². The number of hydrogen-bond acceptors (Lipinski definition) is 3. The van der Waals surface area contributed by atoms with Crippen LogP contribution >= 0.6 is 0 Å². The second-order valence-electron chi connectivity index (χ2n) is 8.17. The van der Waals surface area contributed by atoms with Crippen LogP contribution in [0.25, 0.3) is 39.1 Å². The van der Waals surface area contributed by atoms with Gasteiger partial charge in [-0.3, -0.25) is 4.98 Å². The molecule has 1 aromatic carbocycles. The number of nitrogens with one attached hydrogen (secondary N) is 1. The number of aromatic nitrogens is 5. The molecule has 0 radical (unpaired) electrons. The number of rotatable bonds is 3. The highest BCUT2D eigenvalue weighted by atomic mass is 19.2. The average molecular weight is 453 g/mol. The third-order valence-electron chi connectivity index (χ3n) is 6.08. The number of hydrogen-bond donors (Lipinski definition) is 1. The van der Waals surface area contributed by atoms with Crippen LogP contribution in [0.1, 0.15) is 18.9 Å². The van der Waals surface area contributed by atoms with Crippen molar-refractivity contribution in [2.75, 3.05) is 0 Å². The van der Waals surface area contributed by atoms with Gasteiger partial charge in [-0.1, -0.05) is 36.4 Å². The Bertz CT molecular complexity index is 1630. The van der Waals surface area contributed by atoms with E-state index < -0.39 is 17.6 Å². The Morgan fingerprint density at radius 2 is 1.88 bits per heavy atom. The minimum atomic E-state index is -0.907. The molecule has 5 aromatic rings. The zero-order chi connectivity index (χ0) is 23.2. The fourth-order valence-corrected chi connectivity index (χ4v) is 4.34. The summed E-state index contributed by atoms with van der Waals surface area (Å²) in [5.74, 6) is -1.50. The summed E-state index contributed by atoms with van der Waals surface area (Å²) < 4.78 is 30.6. The second kappa shape index (κ2) is 7.88. The first-order chi connectivity index (χ1) is 16.6. The number of aromatic amines is 1. The number of benzene rings is 1. The van der Waals surface area contributed by atoms with Gasteiger partial charge in [0.1, 0.15) is 17.5 Å². The average Bonchev–Trinajstić information content (AvgIpc) is 3.44. The number of fused-ring (bicyclic) bond motifs is 2. The van der Waals surface area contributed by atoms with Gasteiger partial charge in [-0.25, -0.2) is 18.7 Å². The molecule has 0 saturated carbocycles. The van der Waals surface area contributed by atoms with Gasteiger partial charge in [-0.2, -0.15) is 0 Å². The number of allylic oxidation sites excluding steroid dienone is 6. The van der Waals surface area contributed by atoms with Gasteiger partial charge in [0.25, 0.3) is 0 Å². The van der Waals surface area contributed by atoms with Crippen LogP contribution in [0.4, 0.5) is 8.78 Å². The molecule has 0 amide bonds. The van der Waals surface area contributed by atoms with E-state index in [1.54, 1.807) is 35.1 Å². The predicted molar refractivity (Wildman–Crippen MR) is 131 cm³/mol. The number of nitrogens with zero attached hydrogens (tertiary/aromatic N) is 4. The Morgan fingerprint density at radius 1 is 1.00 bits per heavy atom. The van der Waals surface area contributed by atoms with E-state index >= 15 is 0 Å². The fourth-order valence-electron chi connectivity index (χ4n) is 4.34. The minimum absolute atomic E-state index is 0. The van der Waals surface area contributed by atoms with Gasteiger partial charge < -0.3 is 9.38 Å². The lowest BCUT2D eigenvalue weighted by Gasteiger charge is -2.12. The summed E-state index contributed by atoms with van der Waals surface area (Å²) in [5.41, 5.74) is 6.12. The molecule has 0 aliphatic heterocycles. The highest BCUT2D eigenvalue weighted by Crippen LogP contribution is 2.35. The van der Waals surface area contributed by atoms with Crippen LogP contribution in [0, 0.1) is 6.92 Å². The van der Waals surface area contributed by atoms with Gasteiger partial charge in [0, 0.05) is 36.2 Å². The molecule has 1 unspecified atom stereocenters. The molecule has 168 valence electrons. The van der Waals surface area contributed by atoms with Crippen LogP contribution in [0.3, 0.4) is 0 Å². The van der Waals surface area contributed by atoms with E-state index in [1.165, 1.54) is 6.08 Å². The van der Waals surface area contributed by atoms with Crippen molar-refractivity contribution in [3.63, 3.8) is 0 Å². The fraction of sp³-hybridized carbons (Fsp3) is 0.0741. The smallest absolute Gasteiger partial charge is 0.155 e. The number of para-hydroxylation sites is 2. The molecule has 0 fully saturated rings. The topological polar surface area (TPSA) is 58.9 Å². The van der Waals surface area contributed by atoms with Gasteiger partial charge in [-0.15, -0.1) is 0 Å². The van der Waals surface area contributed by atoms with Crippen LogP contribution in [0.2, 0.25) is 0 Å². The molecular weight excluding hydrogens is 432 g/mol. The Morgan fingerprint density at radius 3 is 2.76 bits per heavy atom. The van der Waals surface area contributed by atoms with Gasteiger partial charge >= 0.3 is 0 Å². The van der Waals surface area contributed by atoms with Crippen molar-refractivity contribution in [2.24, 2.45) is 0 Å². The summed E-state index contributed by atoms with van der Waals surface area (Å²) in [7, 11) is 0. The number of aryl methyl sites for hydroxylation is 1. The SMILES string of the molecule is Cc1ncc(-c2cccn3c(C4C=CC=CC(F)=C4F)ncc23)cc1-c1nc2ccccc2[nH]1.[HH]. The lowest BCUT2D eigenvalue weighted by molar-refractivity contribution is 0.512. The van der Waals surface area contributed by atoms with E-state index in [9.17, 15) is 8.78 Å². The zero-order valence-electron chi connectivity index (χ0n) is 18.2. The maximum Gasteiger partial charge on any atom is 0.155 e. The largest absolute Gasteiger partial charge is 0.338 e. The van der Waals surface area contributed by atoms with Crippen molar-refractivity contribution in [3.8, 4) is 22.5 Å². The van der Waals surface area contributed by atoms with E-state index in [-0.39, 0.29) is 1.43 Å². The quantitative estimate of drug-likeness (QED) is 0.325. The lowest BCUT2D eigenvalue weighted by atomic mass is 10.0. The molecule has 6 rings (SSSR count).